The standard InChI is InChI=1S/C10H9BrClNO/c11-8-1-6(2-9(12)4-8)7-3-10(14)13-5-7/h1-2,4,7H,3,5H2,(H,13,14). The molecule has 0 bridgehead atoms. The summed E-state index contributed by atoms with van der Waals surface area (Å²) >= 11 is 9.31. The molecule has 4 heteroatoms. The third-order valence-corrected chi connectivity index (χ3v) is 3.01. The molecule has 1 aromatic rings. The summed E-state index contributed by atoms with van der Waals surface area (Å²) in [6.45, 7) is 0.714. The van der Waals surface area contributed by atoms with Crippen LogP contribution in [0.15, 0.2) is 22.7 Å². The van der Waals surface area contributed by atoms with Crippen molar-refractivity contribution in [3.63, 3.8) is 0 Å². The lowest BCUT2D eigenvalue weighted by Gasteiger charge is -2.08. The van der Waals surface area contributed by atoms with Crippen LogP contribution in [0.2, 0.25) is 5.02 Å². The van der Waals surface area contributed by atoms with Crippen LogP contribution in [-0.4, -0.2) is 12.5 Å². The van der Waals surface area contributed by atoms with Crippen LogP contribution in [0.4, 0.5) is 0 Å². The summed E-state index contributed by atoms with van der Waals surface area (Å²) in [6, 6.07) is 5.77. The summed E-state index contributed by atoms with van der Waals surface area (Å²) in [5, 5.41) is 3.51. The molecule has 1 aliphatic rings. The number of nitrogens with one attached hydrogen (secondary N) is 1. The average molecular weight is 275 g/mol. The van der Waals surface area contributed by atoms with Crippen molar-refractivity contribution in [1.82, 2.24) is 5.32 Å². The zero-order valence-electron chi connectivity index (χ0n) is 7.39. The maximum absolute atomic E-state index is 11.0. The van der Waals surface area contributed by atoms with Crippen molar-refractivity contribution in [2.45, 2.75) is 12.3 Å². The fourth-order valence-corrected chi connectivity index (χ4v) is 2.54. The zero-order valence-corrected chi connectivity index (χ0v) is 9.73. The van der Waals surface area contributed by atoms with E-state index in [2.05, 4.69) is 21.2 Å². The quantitative estimate of drug-likeness (QED) is 0.838. The van der Waals surface area contributed by atoms with Crippen molar-refractivity contribution in [2.75, 3.05) is 6.54 Å². The van der Waals surface area contributed by atoms with E-state index < -0.39 is 0 Å². The molecule has 1 fully saturated rings. The van der Waals surface area contributed by atoms with Crippen LogP contribution >= 0.6 is 27.5 Å². The van der Waals surface area contributed by atoms with Gasteiger partial charge < -0.3 is 5.32 Å². The number of rotatable bonds is 1. The van der Waals surface area contributed by atoms with Gasteiger partial charge in [-0.15, -0.1) is 0 Å². The Morgan fingerprint density at radius 2 is 2.21 bits per heavy atom. The summed E-state index contributed by atoms with van der Waals surface area (Å²) < 4.78 is 0.958. The molecule has 1 N–H and O–H groups in total. The van der Waals surface area contributed by atoms with Gasteiger partial charge in [0, 0.05) is 28.4 Å². The average Bonchev–Trinajstić information content (AvgIpc) is 2.50. The van der Waals surface area contributed by atoms with Crippen LogP contribution in [-0.2, 0) is 4.79 Å². The van der Waals surface area contributed by atoms with Gasteiger partial charge in [-0.05, 0) is 23.8 Å². The Morgan fingerprint density at radius 1 is 1.43 bits per heavy atom. The van der Waals surface area contributed by atoms with Crippen molar-refractivity contribution >= 4 is 33.4 Å². The topological polar surface area (TPSA) is 29.1 Å². The number of hydrogen-bond donors (Lipinski definition) is 1. The van der Waals surface area contributed by atoms with E-state index in [0.717, 1.165) is 10.0 Å². The first-order valence-corrected chi connectivity index (χ1v) is 5.55. The maximum atomic E-state index is 11.0. The first kappa shape index (κ1) is 9.99. The second-order valence-electron chi connectivity index (χ2n) is 3.41. The van der Waals surface area contributed by atoms with E-state index in [4.69, 9.17) is 11.6 Å². The zero-order chi connectivity index (χ0) is 10.1. The molecular formula is C10H9BrClNO. The third-order valence-electron chi connectivity index (χ3n) is 2.33. The van der Waals surface area contributed by atoms with E-state index >= 15 is 0 Å². The highest BCUT2D eigenvalue weighted by atomic mass is 79.9. The molecule has 1 unspecified atom stereocenters. The molecule has 1 heterocycles. The minimum absolute atomic E-state index is 0.117. The molecule has 2 nitrogen and oxygen atoms in total. The third kappa shape index (κ3) is 2.10. The molecule has 74 valence electrons. The van der Waals surface area contributed by atoms with Gasteiger partial charge in [0.05, 0.1) is 0 Å². The molecule has 0 aliphatic carbocycles. The molecule has 0 spiro atoms. The first-order valence-electron chi connectivity index (χ1n) is 4.38. The number of halogens is 2. The predicted molar refractivity (Wildman–Crippen MR) is 59.5 cm³/mol. The molecule has 1 saturated heterocycles. The summed E-state index contributed by atoms with van der Waals surface area (Å²) in [4.78, 5) is 11.0. The van der Waals surface area contributed by atoms with Crippen LogP contribution in [0.1, 0.15) is 17.9 Å². The van der Waals surface area contributed by atoms with E-state index in [1.165, 1.54) is 0 Å². The summed E-state index contributed by atoms with van der Waals surface area (Å²) in [7, 11) is 0. The summed E-state index contributed by atoms with van der Waals surface area (Å²) in [6.07, 6.45) is 0.562. The van der Waals surface area contributed by atoms with Crippen molar-refractivity contribution in [3.05, 3.63) is 33.3 Å². The smallest absolute Gasteiger partial charge is 0.220 e. The summed E-state index contributed by atoms with van der Waals surface area (Å²) in [5.74, 6) is 0.378. The Bertz CT molecular complexity index is 360. The molecular weight excluding hydrogens is 265 g/mol. The Kier molecular flexibility index (Phi) is 2.79. The predicted octanol–water partition coefficient (Wildman–Crippen LogP) is 2.71. The molecule has 14 heavy (non-hydrogen) atoms. The van der Waals surface area contributed by atoms with E-state index in [1.54, 1.807) is 0 Å². The Balaban J connectivity index is 2.27. The van der Waals surface area contributed by atoms with Gasteiger partial charge in [-0.3, -0.25) is 4.79 Å². The molecule has 1 amide bonds. The second-order valence-corrected chi connectivity index (χ2v) is 4.76. The minimum atomic E-state index is 0.117. The van der Waals surface area contributed by atoms with Gasteiger partial charge in [0.2, 0.25) is 5.91 Å². The molecule has 0 radical (unpaired) electrons. The lowest BCUT2D eigenvalue weighted by Crippen LogP contribution is -2.13. The molecule has 1 aliphatic heterocycles. The van der Waals surface area contributed by atoms with Crippen molar-refractivity contribution in [1.29, 1.82) is 0 Å². The maximum Gasteiger partial charge on any atom is 0.220 e. The fraction of sp³-hybridized carbons (Fsp3) is 0.300. The molecule has 0 saturated carbocycles. The normalized spacial score (nSPS) is 21.0. The van der Waals surface area contributed by atoms with Gasteiger partial charge in [-0.2, -0.15) is 0 Å². The van der Waals surface area contributed by atoms with Crippen molar-refractivity contribution in [3.8, 4) is 0 Å². The van der Waals surface area contributed by atoms with Gasteiger partial charge in [-0.1, -0.05) is 27.5 Å². The Labute approximate surface area is 95.8 Å². The van der Waals surface area contributed by atoms with E-state index in [0.29, 0.717) is 18.0 Å². The monoisotopic (exact) mass is 273 g/mol. The van der Waals surface area contributed by atoms with Crippen LogP contribution in [0.25, 0.3) is 0 Å². The highest BCUT2D eigenvalue weighted by Crippen LogP contribution is 2.28. The second kappa shape index (κ2) is 3.91. The minimum Gasteiger partial charge on any atom is -0.355 e. The van der Waals surface area contributed by atoms with E-state index in [1.807, 2.05) is 18.2 Å². The molecule has 1 atom stereocenters. The van der Waals surface area contributed by atoms with Crippen molar-refractivity contribution < 1.29 is 4.79 Å². The molecule has 1 aromatic carbocycles. The first-order chi connectivity index (χ1) is 6.65. The number of carbonyl (C=O) groups is 1. The van der Waals surface area contributed by atoms with Gasteiger partial charge in [0.25, 0.3) is 0 Å². The largest absolute Gasteiger partial charge is 0.355 e. The highest BCUT2D eigenvalue weighted by Gasteiger charge is 2.23. The van der Waals surface area contributed by atoms with Gasteiger partial charge in [-0.25, -0.2) is 0 Å². The summed E-state index contributed by atoms with van der Waals surface area (Å²) in [5.41, 5.74) is 1.11. The highest BCUT2D eigenvalue weighted by molar-refractivity contribution is 9.10. The number of hydrogen-bond acceptors (Lipinski definition) is 1. The van der Waals surface area contributed by atoms with Gasteiger partial charge in [0.1, 0.15) is 0 Å². The van der Waals surface area contributed by atoms with Gasteiger partial charge in [0.15, 0.2) is 0 Å². The van der Waals surface area contributed by atoms with Crippen LogP contribution < -0.4 is 5.32 Å². The van der Waals surface area contributed by atoms with E-state index in [9.17, 15) is 4.79 Å². The molecule has 0 aromatic heterocycles. The van der Waals surface area contributed by atoms with Gasteiger partial charge >= 0.3 is 0 Å². The SMILES string of the molecule is O=C1CC(c2cc(Cl)cc(Br)c2)CN1. The van der Waals surface area contributed by atoms with Crippen LogP contribution in [0.3, 0.4) is 0 Å². The fourth-order valence-electron chi connectivity index (χ4n) is 1.65. The van der Waals surface area contributed by atoms with Crippen LogP contribution in [0, 0.1) is 0 Å². The Morgan fingerprint density at radius 3 is 2.79 bits per heavy atom. The van der Waals surface area contributed by atoms with E-state index in [-0.39, 0.29) is 11.8 Å². The Hall–Kier alpha value is -0.540. The molecule has 2 rings (SSSR count). The number of benzene rings is 1. The van der Waals surface area contributed by atoms with Crippen molar-refractivity contribution in [2.24, 2.45) is 0 Å². The van der Waals surface area contributed by atoms with Crippen LogP contribution in [0.5, 0.6) is 0 Å². The lowest BCUT2D eigenvalue weighted by atomic mass is 9.98. The number of amides is 1. The number of carbonyl (C=O) groups excluding carboxylic acids is 1. The lowest BCUT2D eigenvalue weighted by molar-refractivity contribution is -0.119.